The molecule has 1 aliphatic carbocycles. The first-order valence-corrected chi connectivity index (χ1v) is 5.82. The Kier molecular flexibility index (Phi) is 3.74. The zero-order valence-corrected chi connectivity index (χ0v) is 9.56. The van der Waals surface area contributed by atoms with Crippen molar-refractivity contribution in [2.45, 2.75) is 31.9 Å². The number of hydrogen-bond acceptors (Lipinski definition) is 3. The van der Waals surface area contributed by atoms with Crippen molar-refractivity contribution in [1.29, 1.82) is 0 Å². The summed E-state index contributed by atoms with van der Waals surface area (Å²) in [4.78, 5) is 11.7. The monoisotopic (exact) mass is 237 g/mol. The minimum Gasteiger partial charge on any atom is -0.460 e. The second-order valence-electron chi connectivity index (χ2n) is 4.47. The average molecular weight is 237 g/mol. The Morgan fingerprint density at radius 3 is 2.82 bits per heavy atom. The number of esters is 1. The van der Waals surface area contributed by atoms with E-state index in [1.165, 1.54) is 6.07 Å². The highest BCUT2D eigenvalue weighted by molar-refractivity contribution is 5.72. The van der Waals surface area contributed by atoms with Gasteiger partial charge in [-0.15, -0.1) is 0 Å². The summed E-state index contributed by atoms with van der Waals surface area (Å²) in [5, 5.41) is 0. The van der Waals surface area contributed by atoms with Crippen LogP contribution < -0.4 is 5.73 Å². The molecule has 2 N–H and O–H groups in total. The maximum absolute atomic E-state index is 13.3. The molecule has 3 nitrogen and oxygen atoms in total. The van der Waals surface area contributed by atoms with Crippen molar-refractivity contribution in [3.8, 4) is 0 Å². The topological polar surface area (TPSA) is 52.3 Å². The third-order valence-electron chi connectivity index (χ3n) is 3.13. The molecule has 1 aromatic rings. The lowest BCUT2D eigenvalue weighted by atomic mass is 10.1. The quantitative estimate of drug-likeness (QED) is 0.818. The van der Waals surface area contributed by atoms with E-state index in [0.29, 0.717) is 12.0 Å². The van der Waals surface area contributed by atoms with Crippen LogP contribution in [-0.2, 0) is 16.1 Å². The average Bonchev–Trinajstić information content (AvgIpc) is 2.74. The molecule has 0 spiro atoms. The fourth-order valence-electron chi connectivity index (χ4n) is 2.11. The second-order valence-corrected chi connectivity index (χ2v) is 4.47. The standard InChI is InChI=1S/C13H16FNO2/c14-12-4-2-1-3-10(12)8-17-13(16)9-5-6-11(15)7-9/h1-4,9,11H,5-8,15H2. The van der Waals surface area contributed by atoms with E-state index >= 15 is 0 Å². The van der Waals surface area contributed by atoms with Gasteiger partial charge in [-0.2, -0.15) is 0 Å². The predicted molar refractivity (Wildman–Crippen MR) is 61.5 cm³/mol. The molecular weight excluding hydrogens is 221 g/mol. The van der Waals surface area contributed by atoms with Gasteiger partial charge in [0, 0.05) is 11.6 Å². The highest BCUT2D eigenvalue weighted by atomic mass is 19.1. The van der Waals surface area contributed by atoms with Gasteiger partial charge in [-0.05, 0) is 25.3 Å². The Bertz CT molecular complexity index is 408. The molecule has 1 aliphatic rings. The van der Waals surface area contributed by atoms with Gasteiger partial charge in [0.15, 0.2) is 0 Å². The molecule has 0 saturated heterocycles. The molecule has 0 radical (unpaired) electrons. The van der Waals surface area contributed by atoms with Crippen molar-refractivity contribution in [2.24, 2.45) is 11.7 Å². The number of ether oxygens (including phenoxy) is 1. The van der Waals surface area contributed by atoms with E-state index in [0.717, 1.165) is 12.8 Å². The summed E-state index contributed by atoms with van der Waals surface area (Å²) in [6.45, 7) is -0.00273. The molecule has 2 rings (SSSR count). The highest BCUT2D eigenvalue weighted by Gasteiger charge is 2.28. The van der Waals surface area contributed by atoms with Crippen LogP contribution in [0.4, 0.5) is 4.39 Å². The summed E-state index contributed by atoms with van der Waals surface area (Å²) in [5.74, 6) is -0.721. The first-order valence-electron chi connectivity index (χ1n) is 5.82. The minimum atomic E-state index is -0.344. The lowest BCUT2D eigenvalue weighted by Gasteiger charge is -2.10. The lowest BCUT2D eigenvalue weighted by Crippen LogP contribution is -2.19. The van der Waals surface area contributed by atoms with Crippen molar-refractivity contribution in [3.63, 3.8) is 0 Å². The summed E-state index contributed by atoms with van der Waals surface area (Å²) in [6.07, 6.45) is 2.31. The molecule has 2 unspecified atom stereocenters. The van der Waals surface area contributed by atoms with Crippen molar-refractivity contribution in [2.75, 3.05) is 0 Å². The van der Waals surface area contributed by atoms with Crippen molar-refractivity contribution in [1.82, 2.24) is 0 Å². The summed E-state index contributed by atoms with van der Waals surface area (Å²) in [7, 11) is 0. The molecule has 4 heteroatoms. The number of halogens is 1. The molecule has 2 atom stereocenters. The SMILES string of the molecule is NC1CCC(C(=O)OCc2ccccc2F)C1. The first-order chi connectivity index (χ1) is 8.16. The normalized spacial score (nSPS) is 23.6. The van der Waals surface area contributed by atoms with Gasteiger partial charge in [0.05, 0.1) is 5.92 Å². The molecule has 1 saturated carbocycles. The maximum Gasteiger partial charge on any atom is 0.309 e. The molecule has 1 fully saturated rings. The van der Waals surface area contributed by atoms with Crippen LogP contribution in [0.25, 0.3) is 0 Å². The number of benzene rings is 1. The largest absolute Gasteiger partial charge is 0.460 e. The van der Waals surface area contributed by atoms with Gasteiger partial charge in [0.25, 0.3) is 0 Å². The highest BCUT2D eigenvalue weighted by Crippen LogP contribution is 2.25. The molecule has 0 amide bonds. The van der Waals surface area contributed by atoms with Gasteiger partial charge in [-0.3, -0.25) is 4.79 Å². The number of carbonyl (C=O) groups excluding carboxylic acids is 1. The van der Waals surface area contributed by atoms with Crippen LogP contribution in [0.1, 0.15) is 24.8 Å². The Hall–Kier alpha value is -1.42. The second kappa shape index (κ2) is 5.27. The lowest BCUT2D eigenvalue weighted by molar-refractivity contribution is -0.149. The number of nitrogens with two attached hydrogens (primary N) is 1. The van der Waals surface area contributed by atoms with E-state index in [1.54, 1.807) is 18.2 Å². The van der Waals surface area contributed by atoms with Crippen molar-refractivity contribution in [3.05, 3.63) is 35.6 Å². The van der Waals surface area contributed by atoms with Crippen molar-refractivity contribution >= 4 is 5.97 Å². The predicted octanol–water partition coefficient (Wildman–Crippen LogP) is 2.00. The van der Waals surface area contributed by atoms with Crippen LogP contribution >= 0.6 is 0 Å². The van der Waals surface area contributed by atoms with Crippen molar-refractivity contribution < 1.29 is 13.9 Å². The van der Waals surface area contributed by atoms with E-state index < -0.39 is 0 Å². The van der Waals surface area contributed by atoms with Gasteiger partial charge in [-0.25, -0.2) is 4.39 Å². The Morgan fingerprint density at radius 2 is 2.18 bits per heavy atom. The van der Waals surface area contributed by atoms with E-state index in [-0.39, 0.29) is 30.4 Å². The molecule has 0 heterocycles. The van der Waals surface area contributed by atoms with Gasteiger partial charge in [0.1, 0.15) is 12.4 Å². The van der Waals surface area contributed by atoms with Gasteiger partial charge in [0.2, 0.25) is 0 Å². The van der Waals surface area contributed by atoms with Gasteiger partial charge < -0.3 is 10.5 Å². The number of hydrogen-bond donors (Lipinski definition) is 1. The molecule has 92 valence electrons. The zero-order valence-electron chi connectivity index (χ0n) is 9.56. The van der Waals surface area contributed by atoms with Crippen LogP contribution in [0.2, 0.25) is 0 Å². The molecule has 0 aromatic heterocycles. The fourth-order valence-corrected chi connectivity index (χ4v) is 2.11. The number of carbonyl (C=O) groups is 1. The Morgan fingerprint density at radius 1 is 1.41 bits per heavy atom. The summed E-state index contributed by atoms with van der Waals surface area (Å²) in [5.41, 5.74) is 6.13. The Balaban J connectivity index is 1.86. The summed E-state index contributed by atoms with van der Waals surface area (Å²) in [6, 6.07) is 6.40. The fraction of sp³-hybridized carbons (Fsp3) is 0.462. The minimum absolute atomic E-state index is 0.00273. The molecule has 0 aliphatic heterocycles. The maximum atomic E-state index is 13.3. The first kappa shape index (κ1) is 12.0. The van der Waals surface area contributed by atoms with Crippen LogP contribution in [0.15, 0.2) is 24.3 Å². The van der Waals surface area contributed by atoms with E-state index in [9.17, 15) is 9.18 Å². The van der Waals surface area contributed by atoms with E-state index in [4.69, 9.17) is 10.5 Å². The van der Waals surface area contributed by atoms with E-state index in [2.05, 4.69) is 0 Å². The molecular formula is C13H16FNO2. The summed E-state index contributed by atoms with van der Waals surface area (Å²) < 4.78 is 18.4. The van der Waals surface area contributed by atoms with Crippen LogP contribution in [-0.4, -0.2) is 12.0 Å². The summed E-state index contributed by atoms with van der Waals surface area (Å²) >= 11 is 0. The molecule has 0 bridgehead atoms. The Labute approximate surface area is 99.8 Å². The zero-order chi connectivity index (χ0) is 12.3. The van der Waals surface area contributed by atoms with E-state index in [1.807, 2.05) is 0 Å². The molecule has 1 aromatic carbocycles. The van der Waals surface area contributed by atoms with Crippen LogP contribution in [0.3, 0.4) is 0 Å². The van der Waals surface area contributed by atoms with Gasteiger partial charge in [-0.1, -0.05) is 18.2 Å². The third-order valence-corrected chi connectivity index (χ3v) is 3.13. The smallest absolute Gasteiger partial charge is 0.309 e. The third kappa shape index (κ3) is 3.03. The van der Waals surface area contributed by atoms with Gasteiger partial charge >= 0.3 is 5.97 Å². The number of rotatable bonds is 3. The van der Waals surface area contributed by atoms with Crippen LogP contribution in [0.5, 0.6) is 0 Å². The van der Waals surface area contributed by atoms with Crippen LogP contribution in [0, 0.1) is 11.7 Å². The molecule has 17 heavy (non-hydrogen) atoms.